The Balaban J connectivity index is 2.02. The minimum atomic E-state index is -1.60. The molecule has 1 aromatic heterocycles. The molecule has 2 aromatic rings. The molecule has 6 heteroatoms. The van der Waals surface area contributed by atoms with E-state index in [4.69, 9.17) is 9.47 Å². The van der Waals surface area contributed by atoms with Crippen LogP contribution in [0.2, 0.25) is 0 Å². The fourth-order valence-electron chi connectivity index (χ4n) is 1.80. The molecule has 1 heterocycles. The molecule has 0 saturated heterocycles. The Morgan fingerprint density at radius 2 is 2.05 bits per heavy atom. The van der Waals surface area contributed by atoms with Crippen LogP contribution in [0.1, 0.15) is 5.69 Å². The average molecular weight is 273 g/mol. The van der Waals surface area contributed by atoms with Crippen molar-refractivity contribution in [3.63, 3.8) is 0 Å². The third-order valence-electron chi connectivity index (χ3n) is 2.84. The van der Waals surface area contributed by atoms with Crippen LogP contribution in [0.25, 0.3) is 0 Å². The Hall–Kier alpha value is -2.05. The molecule has 0 amide bonds. The minimum absolute atomic E-state index is 0.283. The van der Waals surface area contributed by atoms with Crippen molar-refractivity contribution < 1.29 is 19.5 Å². The Bertz CT molecular complexity index is 548. The Kier molecular flexibility index (Phi) is 4.98. The highest BCUT2D eigenvalue weighted by Gasteiger charge is 2.18. The lowest BCUT2D eigenvalue weighted by Crippen LogP contribution is -2.31. The molecule has 0 fully saturated rings. The number of rotatable bonds is 6. The van der Waals surface area contributed by atoms with Gasteiger partial charge >= 0.3 is 7.12 Å². The van der Waals surface area contributed by atoms with Gasteiger partial charge in [-0.1, -0.05) is 6.07 Å². The monoisotopic (exact) mass is 273 g/mol. The molecular weight excluding hydrogens is 257 g/mol. The van der Waals surface area contributed by atoms with E-state index in [1.54, 1.807) is 24.4 Å². The number of benzene rings is 1. The standard InChI is InChI=1S/C14H16BNO4/c1-19-12-5-6-14(13(10-12)15(17)18)20-9-7-11-4-2-3-8-16-11/h2-6,8,10,17-18H,7,9H2,1H3. The second kappa shape index (κ2) is 6.93. The average Bonchev–Trinajstić information content (AvgIpc) is 2.48. The van der Waals surface area contributed by atoms with Crippen molar-refractivity contribution in [1.29, 1.82) is 0 Å². The van der Waals surface area contributed by atoms with E-state index in [0.717, 1.165) is 5.69 Å². The number of hydrogen-bond donors (Lipinski definition) is 2. The summed E-state index contributed by atoms with van der Waals surface area (Å²) in [6, 6.07) is 10.6. The SMILES string of the molecule is COc1ccc(OCCc2ccccn2)c(B(O)O)c1. The van der Waals surface area contributed by atoms with Gasteiger partial charge in [-0.15, -0.1) is 0 Å². The van der Waals surface area contributed by atoms with E-state index in [-0.39, 0.29) is 5.46 Å². The van der Waals surface area contributed by atoms with Crippen molar-refractivity contribution in [2.75, 3.05) is 13.7 Å². The van der Waals surface area contributed by atoms with Crippen molar-refractivity contribution in [2.45, 2.75) is 6.42 Å². The van der Waals surface area contributed by atoms with Crippen LogP contribution in [0.3, 0.4) is 0 Å². The first-order chi connectivity index (χ1) is 9.70. The van der Waals surface area contributed by atoms with Crippen LogP contribution in [0.15, 0.2) is 42.6 Å². The zero-order valence-corrected chi connectivity index (χ0v) is 11.2. The van der Waals surface area contributed by atoms with Crippen molar-refractivity contribution in [3.05, 3.63) is 48.3 Å². The van der Waals surface area contributed by atoms with Gasteiger partial charge in [-0.2, -0.15) is 0 Å². The molecule has 0 radical (unpaired) electrons. The van der Waals surface area contributed by atoms with Gasteiger partial charge in [-0.3, -0.25) is 4.98 Å². The van der Waals surface area contributed by atoms with Crippen LogP contribution in [0.4, 0.5) is 0 Å². The Morgan fingerprint density at radius 3 is 2.70 bits per heavy atom. The van der Waals surface area contributed by atoms with E-state index in [9.17, 15) is 10.0 Å². The van der Waals surface area contributed by atoms with Crippen LogP contribution in [-0.2, 0) is 6.42 Å². The second-order valence-corrected chi connectivity index (χ2v) is 4.20. The van der Waals surface area contributed by atoms with E-state index in [2.05, 4.69) is 4.98 Å². The predicted octanol–water partition coefficient (Wildman–Crippen LogP) is 0.392. The maximum absolute atomic E-state index is 9.35. The quantitative estimate of drug-likeness (QED) is 0.745. The molecule has 0 atom stereocenters. The summed E-state index contributed by atoms with van der Waals surface area (Å²) >= 11 is 0. The summed E-state index contributed by atoms with van der Waals surface area (Å²) in [6.07, 6.45) is 2.37. The first kappa shape index (κ1) is 14.4. The fourth-order valence-corrected chi connectivity index (χ4v) is 1.80. The number of methoxy groups -OCH3 is 1. The molecule has 0 aliphatic rings. The van der Waals surface area contributed by atoms with E-state index in [0.29, 0.717) is 24.5 Å². The normalized spacial score (nSPS) is 10.2. The van der Waals surface area contributed by atoms with E-state index in [1.165, 1.54) is 7.11 Å². The smallest absolute Gasteiger partial charge is 0.492 e. The molecule has 0 bridgehead atoms. The molecule has 5 nitrogen and oxygen atoms in total. The first-order valence-corrected chi connectivity index (χ1v) is 6.27. The molecule has 104 valence electrons. The zero-order chi connectivity index (χ0) is 14.4. The first-order valence-electron chi connectivity index (χ1n) is 6.27. The fraction of sp³-hybridized carbons (Fsp3) is 0.214. The second-order valence-electron chi connectivity index (χ2n) is 4.20. The number of nitrogens with zero attached hydrogens (tertiary/aromatic N) is 1. The highest BCUT2D eigenvalue weighted by atomic mass is 16.5. The van der Waals surface area contributed by atoms with Gasteiger partial charge in [0.1, 0.15) is 11.5 Å². The third kappa shape index (κ3) is 3.72. The predicted molar refractivity (Wildman–Crippen MR) is 76.3 cm³/mol. The van der Waals surface area contributed by atoms with Crippen LogP contribution >= 0.6 is 0 Å². The summed E-state index contributed by atoms with van der Waals surface area (Å²) in [6.45, 7) is 0.406. The third-order valence-corrected chi connectivity index (χ3v) is 2.84. The van der Waals surface area contributed by atoms with Crippen molar-refractivity contribution in [1.82, 2.24) is 4.98 Å². The summed E-state index contributed by atoms with van der Waals surface area (Å²) in [4.78, 5) is 4.20. The molecule has 0 saturated carbocycles. The number of pyridine rings is 1. The van der Waals surface area contributed by atoms with Crippen LogP contribution in [0, 0.1) is 0 Å². The summed E-state index contributed by atoms with van der Waals surface area (Å²) in [5, 5.41) is 18.7. The summed E-state index contributed by atoms with van der Waals surface area (Å²) in [7, 11) is -0.0836. The molecular formula is C14H16BNO4. The van der Waals surface area contributed by atoms with Gasteiger partial charge in [0, 0.05) is 23.8 Å². The lowest BCUT2D eigenvalue weighted by atomic mass is 9.79. The molecule has 0 spiro atoms. The maximum atomic E-state index is 9.35. The minimum Gasteiger partial charge on any atom is -0.497 e. The van der Waals surface area contributed by atoms with Gasteiger partial charge in [0.15, 0.2) is 0 Å². The van der Waals surface area contributed by atoms with Gasteiger partial charge < -0.3 is 19.5 Å². The van der Waals surface area contributed by atoms with E-state index in [1.807, 2.05) is 18.2 Å². The van der Waals surface area contributed by atoms with Crippen LogP contribution in [0.5, 0.6) is 11.5 Å². The number of hydrogen-bond acceptors (Lipinski definition) is 5. The lowest BCUT2D eigenvalue weighted by Gasteiger charge is -2.12. The van der Waals surface area contributed by atoms with Gasteiger partial charge in [0.2, 0.25) is 0 Å². The highest BCUT2D eigenvalue weighted by Crippen LogP contribution is 2.16. The molecule has 0 aliphatic heterocycles. The van der Waals surface area contributed by atoms with E-state index < -0.39 is 7.12 Å². The zero-order valence-electron chi connectivity index (χ0n) is 11.2. The molecule has 0 aliphatic carbocycles. The van der Waals surface area contributed by atoms with Crippen molar-refractivity contribution in [2.24, 2.45) is 0 Å². The molecule has 0 unspecified atom stereocenters. The van der Waals surface area contributed by atoms with Crippen LogP contribution in [-0.4, -0.2) is 35.9 Å². The largest absolute Gasteiger partial charge is 0.497 e. The molecule has 20 heavy (non-hydrogen) atoms. The topological polar surface area (TPSA) is 71.8 Å². The van der Waals surface area contributed by atoms with Crippen molar-refractivity contribution >= 4 is 12.6 Å². The number of ether oxygens (including phenoxy) is 2. The summed E-state index contributed by atoms with van der Waals surface area (Å²) in [5.41, 5.74) is 1.21. The van der Waals surface area contributed by atoms with Gasteiger partial charge in [0.25, 0.3) is 0 Å². The lowest BCUT2D eigenvalue weighted by molar-refractivity contribution is 0.320. The molecule has 2 rings (SSSR count). The Labute approximate surface area is 118 Å². The van der Waals surface area contributed by atoms with Crippen LogP contribution < -0.4 is 14.9 Å². The molecule has 1 aromatic carbocycles. The Morgan fingerprint density at radius 1 is 1.20 bits per heavy atom. The van der Waals surface area contributed by atoms with Gasteiger partial charge in [-0.05, 0) is 30.3 Å². The van der Waals surface area contributed by atoms with Crippen molar-refractivity contribution in [3.8, 4) is 11.5 Å². The molecule has 2 N–H and O–H groups in total. The summed E-state index contributed by atoms with van der Waals surface area (Å²) in [5.74, 6) is 0.974. The van der Waals surface area contributed by atoms with E-state index >= 15 is 0 Å². The van der Waals surface area contributed by atoms with Gasteiger partial charge in [-0.25, -0.2) is 0 Å². The summed E-state index contributed by atoms with van der Waals surface area (Å²) < 4.78 is 10.6. The highest BCUT2D eigenvalue weighted by molar-refractivity contribution is 6.59. The number of aromatic nitrogens is 1. The van der Waals surface area contributed by atoms with Gasteiger partial charge in [0.05, 0.1) is 13.7 Å². The maximum Gasteiger partial charge on any atom is 0.492 e.